The Bertz CT molecular complexity index is 724. The third-order valence-corrected chi connectivity index (χ3v) is 5.30. The number of aromatic carboxylic acids is 1. The van der Waals surface area contributed by atoms with Crippen LogP contribution in [0.3, 0.4) is 0 Å². The number of hydrogen-bond donors (Lipinski definition) is 3. The first-order valence-corrected chi connectivity index (χ1v) is 8.30. The average Bonchev–Trinajstić information content (AvgIpc) is 2.96. The number of aliphatic hydroxyl groups excluding tert-OH is 1. The van der Waals surface area contributed by atoms with E-state index in [4.69, 9.17) is 5.11 Å². The molecule has 6 nitrogen and oxygen atoms in total. The van der Waals surface area contributed by atoms with Crippen molar-refractivity contribution in [3.8, 4) is 0 Å². The van der Waals surface area contributed by atoms with Gasteiger partial charge in [0.25, 0.3) is 0 Å². The van der Waals surface area contributed by atoms with Crippen molar-refractivity contribution in [1.29, 1.82) is 0 Å². The van der Waals surface area contributed by atoms with Crippen molar-refractivity contribution >= 4 is 27.3 Å². The third-order valence-electron chi connectivity index (χ3n) is 2.78. The number of aliphatic hydroxyl groups is 1. The van der Waals surface area contributed by atoms with Crippen molar-refractivity contribution in [2.45, 2.75) is 10.9 Å². The van der Waals surface area contributed by atoms with Gasteiger partial charge in [-0.15, -0.1) is 11.3 Å². The number of sulfonamides is 1. The standard InChI is InChI=1S/C13H13NO5S2/c15-7-11(9-4-2-1-3-5-9)14-21(18,19)10-6-12(13(16)17)20-8-10/h1-6,8,11,14-15H,7H2,(H,16,17)/t11-/m0/s1. The van der Waals surface area contributed by atoms with Gasteiger partial charge in [0.15, 0.2) is 0 Å². The van der Waals surface area contributed by atoms with Gasteiger partial charge in [-0.3, -0.25) is 0 Å². The molecule has 1 atom stereocenters. The summed E-state index contributed by atoms with van der Waals surface area (Å²) in [6.07, 6.45) is 0. The molecule has 0 amide bonds. The van der Waals surface area contributed by atoms with Crippen LogP contribution in [0.1, 0.15) is 21.3 Å². The molecular weight excluding hydrogens is 314 g/mol. The highest BCUT2D eigenvalue weighted by Gasteiger charge is 2.23. The van der Waals surface area contributed by atoms with E-state index in [2.05, 4.69) is 4.72 Å². The molecule has 1 aromatic heterocycles. The number of rotatable bonds is 6. The van der Waals surface area contributed by atoms with Gasteiger partial charge < -0.3 is 10.2 Å². The molecule has 2 aromatic rings. The van der Waals surface area contributed by atoms with Gasteiger partial charge in [-0.05, 0) is 11.6 Å². The Morgan fingerprint density at radius 3 is 2.48 bits per heavy atom. The molecule has 0 fully saturated rings. The van der Waals surface area contributed by atoms with Crippen molar-refractivity contribution in [3.63, 3.8) is 0 Å². The van der Waals surface area contributed by atoms with E-state index in [0.29, 0.717) is 5.56 Å². The molecule has 21 heavy (non-hydrogen) atoms. The van der Waals surface area contributed by atoms with Crippen LogP contribution in [0.25, 0.3) is 0 Å². The molecule has 0 saturated heterocycles. The molecule has 1 heterocycles. The fraction of sp³-hybridized carbons (Fsp3) is 0.154. The van der Waals surface area contributed by atoms with Crippen molar-refractivity contribution < 1.29 is 23.4 Å². The smallest absolute Gasteiger partial charge is 0.345 e. The quantitative estimate of drug-likeness (QED) is 0.745. The van der Waals surface area contributed by atoms with Crippen molar-refractivity contribution in [3.05, 3.63) is 52.2 Å². The second-order valence-electron chi connectivity index (χ2n) is 4.22. The largest absolute Gasteiger partial charge is 0.477 e. The highest BCUT2D eigenvalue weighted by atomic mass is 32.2. The SMILES string of the molecule is O=C(O)c1cc(S(=O)(=O)N[C@@H](CO)c2ccccc2)cs1. The maximum atomic E-state index is 12.2. The van der Waals surface area contributed by atoms with Gasteiger partial charge in [-0.2, -0.15) is 0 Å². The molecule has 0 aliphatic carbocycles. The van der Waals surface area contributed by atoms with E-state index in [9.17, 15) is 18.3 Å². The zero-order valence-corrected chi connectivity index (χ0v) is 12.4. The third kappa shape index (κ3) is 3.67. The van der Waals surface area contributed by atoms with Crippen molar-refractivity contribution in [2.75, 3.05) is 6.61 Å². The maximum Gasteiger partial charge on any atom is 0.345 e. The van der Waals surface area contributed by atoms with Gasteiger partial charge in [0.1, 0.15) is 4.88 Å². The molecule has 0 saturated carbocycles. The van der Waals surface area contributed by atoms with Crippen molar-refractivity contribution in [2.24, 2.45) is 0 Å². The van der Waals surface area contributed by atoms with E-state index in [1.54, 1.807) is 30.3 Å². The monoisotopic (exact) mass is 327 g/mol. The van der Waals surface area contributed by atoms with Gasteiger partial charge in [0, 0.05) is 5.38 Å². The van der Waals surface area contributed by atoms with Crippen LogP contribution in [0.15, 0.2) is 46.7 Å². The summed E-state index contributed by atoms with van der Waals surface area (Å²) in [5.41, 5.74) is 0.622. The molecule has 0 spiro atoms. The number of nitrogens with one attached hydrogen (secondary N) is 1. The summed E-state index contributed by atoms with van der Waals surface area (Å²) in [6, 6.07) is 8.95. The summed E-state index contributed by atoms with van der Waals surface area (Å²) >= 11 is 0.834. The molecule has 0 bridgehead atoms. The van der Waals surface area contributed by atoms with Gasteiger partial charge in [0.2, 0.25) is 10.0 Å². The molecular formula is C13H13NO5S2. The Labute approximate surface area is 125 Å². The highest BCUT2D eigenvalue weighted by Crippen LogP contribution is 2.22. The lowest BCUT2D eigenvalue weighted by molar-refractivity contribution is 0.0702. The summed E-state index contributed by atoms with van der Waals surface area (Å²) in [5.74, 6) is -1.18. The summed E-state index contributed by atoms with van der Waals surface area (Å²) in [6.45, 7) is -0.404. The first-order chi connectivity index (χ1) is 9.94. The van der Waals surface area contributed by atoms with E-state index in [1.807, 2.05) is 0 Å². The lowest BCUT2D eigenvalue weighted by atomic mass is 10.1. The molecule has 112 valence electrons. The lowest BCUT2D eigenvalue weighted by Crippen LogP contribution is -2.30. The van der Waals surface area contributed by atoms with E-state index in [0.717, 1.165) is 17.4 Å². The average molecular weight is 327 g/mol. The topological polar surface area (TPSA) is 104 Å². The Kier molecular flexibility index (Phi) is 4.73. The van der Waals surface area contributed by atoms with Gasteiger partial charge in [-0.25, -0.2) is 17.9 Å². The van der Waals surface area contributed by atoms with E-state index in [1.165, 1.54) is 5.38 Å². The Balaban J connectivity index is 2.25. The van der Waals surface area contributed by atoms with Gasteiger partial charge in [-0.1, -0.05) is 30.3 Å². The maximum absolute atomic E-state index is 12.2. The number of thiophene rings is 1. The van der Waals surface area contributed by atoms with Crippen LogP contribution in [0.5, 0.6) is 0 Å². The zero-order valence-electron chi connectivity index (χ0n) is 10.8. The number of carbonyl (C=O) groups is 1. The van der Waals surface area contributed by atoms with Crippen LogP contribution in [-0.4, -0.2) is 31.2 Å². The fourth-order valence-corrected chi connectivity index (χ4v) is 4.05. The normalized spacial score (nSPS) is 13.0. The molecule has 0 radical (unpaired) electrons. The zero-order chi connectivity index (χ0) is 15.5. The highest BCUT2D eigenvalue weighted by molar-refractivity contribution is 7.89. The summed E-state index contributed by atoms with van der Waals surface area (Å²) in [4.78, 5) is 10.6. The first kappa shape index (κ1) is 15.6. The predicted octanol–water partition coefficient (Wildman–Crippen LogP) is 1.46. The number of carboxylic acids is 1. The summed E-state index contributed by atoms with van der Waals surface area (Å²) in [7, 11) is -3.90. The van der Waals surface area contributed by atoms with E-state index < -0.39 is 28.6 Å². The Morgan fingerprint density at radius 2 is 1.95 bits per heavy atom. The Hall–Kier alpha value is -1.74. The van der Waals surface area contributed by atoms with Crippen LogP contribution in [0, 0.1) is 0 Å². The van der Waals surface area contributed by atoms with E-state index >= 15 is 0 Å². The lowest BCUT2D eigenvalue weighted by Gasteiger charge is -2.16. The van der Waals surface area contributed by atoms with Crippen LogP contribution >= 0.6 is 11.3 Å². The minimum absolute atomic E-state index is 0.0596. The van der Waals surface area contributed by atoms with Crippen molar-refractivity contribution in [1.82, 2.24) is 4.72 Å². The molecule has 0 aliphatic heterocycles. The summed E-state index contributed by atoms with van der Waals surface area (Å²) in [5, 5.41) is 19.4. The second-order valence-corrected chi connectivity index (χ2v) is 6.84. The minimum Gasteiger partial charge on any atom is -0.477 e. The molecule has 2 rings (SSSR count). The number of carboxylic acid groups (broad SMARTS) is 1. The molecule has 3 N–H and O–H groups in total. The summed E-state index contributed by atoms with van der Waals surface area (Å²) < 4.78 is 26.8. The molecule has 0 unspecified atom stereocenters. The Morgan fingerprint density at radius 1 is 1.29 bits per heavy atom. The molecule has 8 heteroatoms. The molecule has 0 aliphatic rings. The van der Waals surface area contributed by atoms with Crippen LogP contribution < -0.4 is 4.72 Å². The minimum atomic E-state index is -3.90. The fourth-order valence-electron chi connectivity index (χ4n) is 1.72. The number of benzene rings is 1. The predicted molar refractivity (Wildman–Crippen MR) is 77.9 cm³/mol. The van der Waals surface area contributed by atoms with Crippen LogP contribution in [0.2, 0.25) is 0 Å². The number of hydrogen-bond acceptors (Lipinski definition) is 5. The van der Waals surface area contributed by atoms with Crippen LogP contribution in [-0.2, 0) is 10.0 Å². The van der Waals surface area contributed by atoms with Gasteiger partial charge in [0.05, 0.1) is 17.5 Å². The second kappa shape index (κ2) is 6.35. The van der Waals surface area contributed by atoms with Gasteiger partial charge >= 0.3 is 5.97 Å². The van der Waals surface area contributed by atoms with E-state index in [-0.39, 0.29) is 9.77 Å². The molecule has 1 aromatic carbocycles. The van der Waals surface area contributed by atoms with Crippen LogP contribution in [0.4, 0.5) is 0 Å². The first-order valence-electron chi connectivity index (χ1n) is 5.94.